The number of furan rings is 1. The molecule has 1 aromatic carbocycles. The van der Waals surface area contributed by atoms with Crippen LogP contribution in [0.2, 0.25) is 0 Å². The number of benzene rings is 1. The van der Waals surface area contributed by atoms with E-state index < -0.39 is 6.61 Å². The fourth-order valence-corrected chi connectivity index (χ4v) is 3.10. The molecule has 1 aliphatic heterocycles. The number of piperazine rings is 1. The Morgan fingerprint density at radius 3 is 2.59 bits per heavy atom. The van der Waals surface area contributed by atoms with E-state index in [-0.39, 0.29) is 23.4 Å². The average molecular weight is 379 g/mol. The van der Waals surface area contributed by atoms with Crippen molar-refractivity contribution >= 4 is 11.6 Å². The lowest BCUT2D eigenvalue weighted by Crippen LogP contribution is -2.52. The fourth-order valence-electron chi connectivity index (χ4n) is 3.10. The van der Waals surface area contributed by atoms with E-state index in [1.807, 2.05) is 19.1 Å². The molecule has 146 valence electrons. The molecule has 27 heavy (non-hydrogen) atoms. The van der Waals surface area contributed by atoms with Crippen LogP contribution in [0.25, 0.3) is 0 Å². The Morgan fingerprint density at radius 2 is 1.93 bits per heavy atom. The minimum Gasteiger partial charge on any atom is -0.468 e. The highest BCUT2D eigenvalue weighted by Gasteiger charge is 2.26. The maximum atomic E-state index is 12.6. The number of hydrogen-bond acceptors (Lipinski definition) is 5. The van der Waals surface area contributed by atoms with Crippen molar-refractivity contribution in [1.29, 1.82) is 0 Å². The first-order chi connectivity index (χ1) is 13.0. The Kier molecular flexibility index (Phi) is 6.41. The molecule has 1 fully saturated rings. The monoisotopic (exact) mass is 379 g/mol. The van der Waals surface area contributed by atoms with Gasteiger partial charge < -0.3 is 14.5 Å². The van der Waals surface area contributed by atoms with E-state index in [1.54, 1.807) is 24.5 Å². The van der Waals surface area contributed by atoms with Gasteiger partial charge in [0.1, 0.15) is 11.5 Å². The first kappa shape index (κ1) is 19.3. The van der Waals surface area contributed by atoms with Crippen molar-refractivity contribution in [1.82, 2.24) is 9.80 Å². The minimum absolute atomic E-state index is 0.0451. The molecule has 0 bridgehead atoms. The van der Waals surface area contributed by atoms with Gasteiger partial charge in [0.2, 0.25) is 5.91 Å². The van der Waals surface area contributed by atoms with E-state index in [2.05, 4.69) is 19.9 Å². The molecular formula is C19H23F2N3O3. The highest BCUT2D eigenvalue weighted by molar-refractivity contribution is 5.95. The number of rotatable bonds is 7. The maximum Gasteiger partial charge on any atom is 0.387 e. The van der Waals surface area contributed by atoms with Crippen molar-refractivity contribution in [2.45, 2.75) is 26.1 Å². The zero-order valence-corrected chi connectivity index (χ0v) is 15.1. The van der Waals surface area contributed by atoms with Gasteiger partial charge in [0.15, 0.2) is 0 Å². The molecule has 1 aromatic heterocycles. The van der Waals surface area contributed by atoms with Crippen LogP contribution in [0.4, 0.5) is 14.5 Å². The molecule has 0 aliphatic carbocycles. The lowest BCUT2D eigenvalue weighted by Gasteiger charge is -2.37. The SMILES string of the molecule is CC(C(=O)Nc1ccccc1OC(F)F)N1CCN(Cc2ccco2)CC1. The predicted molar refractivity (Wildman–Crippen MR) is 96.7 cm³/mol. The van der Waals surface area contributed by atoms with Crippen molar-refractivity contribution in [2.24, 2.45) is 0 Å². The number of para-hydroxylation sites is 2. The average Bonchev–Trinajstić information content (AvgIpc) is 3.16. The number of ether oxygens (including phenoxy) is 1. The third-order valence-electron chi connectivity index (χ3n) is 4.65. The van der Waals surface area contributed by atoms with E-state index >= 15 is 0 Å². The lowest BCUT2D eigenvalue weighted by molar-refractivity contribution is -0.121. The van der Waals surface area contributed by atoms with Crippen molar-refractivity contribution in [3.63, 3.8) is 0 Å². The number of carbonyl (C=O) groups is 1. The third-order valence-corrected chi connectivity index (χ3v) is 4.65. The number of hydrogen-bond donors (Lipinski definition) is 1. The first-order valence-corrected chi connectivity index (χ1v) is 8.86. The Labute approximate surface area is 156 Å². The van der Waals surface area contributed by atoms with E-state index in [1.165, 1.54) is 6.07 Å². The van der Waals surface area contributed by atoms with Gasteiger partial charge in [-0.2, -0.15) is 8.78 Å². The molecule has 1 N–H and O–H groups in total. The topological polar surface area (TPSA) is 58.0 Å². The van der Waals surface area contributed by atoms with Gasteiger partial charge >= 0.3 is 6.61 Å². The smallest absolute Gasteiger partial charge is 0.387 e. The van der Waals surface area contributed by atoms with Crippen LogP contribution in [0.1, 0.15) is 12.7 Å². The molecule has 6 nitrogen and oxygen atoms in total. The van der Waals surface area contributed by atoms with E-state index in [4.69, 9.17) is 4.42 Å². The van der Waals surface area contributed by atoms with Gasteiger partial charge in [-0.05, 0) is 31.2 Å². The molecule has 0 saturated carbocycles. The quantitative estimate of drug-likeness (QED) is 0.801. The molecular weight excluding hydrogens is 356 g/mol. The Balaban J connectivity index is 1.52. The van der Waals surface area contributed by atoms with Crippen molar-refractivity contribution < 1.29 is 22.7 Å². The normalized spacial score (nSPS) is 17.0. The molecule has 1 aliphatic rings. The largest absolute Gasteiger partial charge is 0.468 e. The van der Waals surface area contributed by atoms with Crippen molar-refractivity contribution in [3.05, 3.63) is 48.4 Å². The van der Waals surface area contributed by atoms with Crippen LogP contribution in [-0.2, 0) is 11.3 Å². The van der Waals surface area contributed by atoms with E-state index in [0.29, 0.717) is 0 Å². The Bertz CT molecular complexity index is 732. The molecule has 0 spiro atoms. The van der Waals surface area contributed by atoms with Crippen LogP contribution in [0.3, 0.4) is 0 Å². The van der Waals surface area contributed by atoms with Crippen LogP contribution < -0.4 is 10.1 Å². The molecule has 2 heterocycles. The fraction of sp³-hybridized carbons (Fsp3) is 0.421. The summed E-state index contributed by atoms with van der Waals surface area (Å²) in [6.07, 6.45) is 1.66. The third kappa shape index (κ3) is 5.27. The molecule has 1 amide bonds. The summed E-state index contributed by atoms with van der Waals surface area (Å²) in [5, 5.41) is 2.69. The molecule has 1 atom stereocenters. The van der Waals surface area contributed by atoms with Gasteiger partial charge in [0.05, 0.1) is 24.5 Å². The summed E-state index contributed by atoms with van der Waals surface area (Å²) in [4.78, 5) is 16.9. The number of halogens is 2. The molecule has 2 aromatic rings. The summed E-state index contributed by atoms with van der Waals surface area (Å²) >= 11 is 0. The molecule has 8 heteroatoms. The summed E-state index contributed by atoms with van der Waals surface area (Å²) in [6, 6.07) is 9.62. The van der Waals surface area contributed by atoms with Gasteiger partial charge in [0, 0.05) is 26.2 Å². The highest BCUT2D eigenvalue weighted by atomic mass is 19.3. The number of carbonyl (C=O) groups excluding carboxylic acids is 1. The second-order valence-corrected chi connectivity index (χ2v) is 6.43. The Morgan fingerprint density at radius 1 is 1.19 bits per heavy atom. The van der Waals surface area contributed by atoms with Crippen LogP contribution >= 0.6 is 0 Å². The summed E-state index contributed by atoms with van der Waals surface area (Å²) in [5.74, 6) is 0.626. The minimum atomic E-state index is -2.94. The van der Waals surface area contributed by atoms with Gasteiger partial charge in [-0.15, -0.1) is 0 Å². The van der Waals surface area contributed by atoms with Crippen LogP contribution in [-0.4, -0.2) is 54.5 Å². The number of amides is 1. The molecule has 0 radical (unpaired) electrons. The maximum absolute atomic E-state index is 12.6. The zero-order valence-electron chi connectivity index (χ0n) is 15.1. The second kappa shape index (κ2) is 8.96. The zero-order chi connectivity index (χ0) is 19.2. The first-order valence-electron chi connectivity index (χ1n) is 8.86. The van der Waals surface area contributed by atoms with Gasteiger partial charge in [-0.3, -0.25) is 14.6 Å². The second-order valence-electron chi connectivity index (χ2n) is 6.43. The van der Waals surface area contributed by atoms with Crippen LogP contribution in [0.15, 0.2) is 47.1 Å². The highest BCUT2D eigenvalue weighted by Crippen LogP contribution is 2.26. The molecule has 3 rings (SSSR count). The number of anilines is 1. The van der Waals surface area contributed by atoms with E-state index in [0.717, 1.165) is 38.5 Å². The van der Waals surface area contributed by atoms with Crippen molar-refractivity contribution in [2.75, 3.05) is 31.5 Å². The number of alkyl halides is 2. The van der Waals surface area contributed by atoms with Gasteiger partial charge in [-0.1, -0.05) is 12.1 Å². The van der Waals surface area contributed by atoms with Gasteiger partial charge in [-0.25, -0.2) is 0 Å². The van der Waals surface area contributed by atoms with Crippen LogP contribution in [0.5, 0.6) is 5.75 Å². The molecule has 1 saturated heterocycles. The van der Waals surface area contributed by atoms with Crippen LogP contribution in [0, 0.1) is 0 Å². The summed E-state index contributed by atoms with van der Waals surface area (Å²) in [6.45, 7) is 2.75. The van der Waals surface area contributed by atoms with Crippen molar-refractivity contribution in [3.8, 4) is 5.75 Å². The predicted octanol–water partition coefficient (Wildman–Crippen LogP) is 3.03. The summed E-state index contributed by atoms with van der Waals surface area (Å²) in [5.41, 5.74) is 0.242. The number of nitrogens with one attached hydrogen (secondary N) is 1. The summed E-state index contributed by atoms with van der Waals surface area (Å²) < 4.78 is 34.8. The number of nitrogens with zero attached hydrogens (tertiary/aromatic N) is 2. The van der Waals surface area contributed by atoms with E-state index in [9.17, 15) is 13.6 Å². The Hall–Kier alpha value is -2.45. The molecule has 1 unspecified atom stereocenters. The van der Waals surface area contributed by atoms with Gasteiger partial charge in [0.25, 0.3) is 0 Å². The standard InChI is InChI=1S/C19H23F2N3O3/c1-14(18(25)22-16-6-2-3-7-17(16)27-19(20)21)24-10-8-23(9-11-24)13-15-5-4-12-26-15/h2-7,12,14,19H,8-11,13H2,1H3,(H,22,25). The lowest BCUT2D eigenvalue weighted by atomic mass is 10.2. The summed E-state index contributed by atoms with van der Waals surface area (Å²) in [7, 11) is 0.